The molecule has 1 saturated carbocycles. The van der Waals surface area contributed by atoms with Crippen molar-refractivity contribution in [2.75, 3.05) is 0 Å². The normalized spacial score (nSPS) is 51.4. The molecule has 0 spiro atoms. The summed E-state index contributed by atoms with van der Waals surface area (Å²) < 4.78 is 23.6. The van der Waals surface area contributed by atoms with Gasteiger partial charge in [0.25, 0.3) is 0 Å². The SMILES string of the molecule is C[C@@]1(O)[C@@H](O)C1(F)F. The fourth-order valence-electron chi connectivity index (χ4n) is 0.496. The predicted octanol–water partition coefficient (Wildman–Crippen LogP) is -0.253. The Bertz CT molecular complexity index is 107. The lowest BCUT2D eigenvalue weighted by molar-refractivity contribution is 0.00391. The lowest BCUT2D eigenvalue weighted by Crippen LogP contribution is -2.11. The Hall–Kier alpha value is -0.220. The van der Waals surface area contributed by atoms with E-state index in [1.54, 1.807) is 0 Å². The van der Waals surface area contributed by atoms with Gasteiger partial charge in [0.05, 0.1) is 0 Å². The van der Waals surface area contributed by atoms with Crippen LogP contribution in [0.5, 0.6) is 0 Å². The molecule has 2 N–H and O–H groups in total. The third-order valence-corrected chi connectivity index (χ3v) is 1.47. The van der Waals surface area contributed by atoms with Gasteiger partial charge in [-0.25, -0.2) is 8.78 Å². The number of hydrogen-bond acceptors (Lipinski definition) is 2. The second kappa shape index (κ2) is 1.04. The highest BCUT2D eigenvalue weighted by molar-refractivity contribution is 5.18. The monoisotopic (exact) mass is 124 g/mol. The van der Waals surface area contributed by atoms with Crippen molar-refractivity contribution >= 4 is 0 Å². The molecule has 1 rings (SSSR count). The molecule has 8 heavy (non-hydrogen) atoms. The van der Waals surface area contributed by atoms with Gasteiger partial charge >= 0.3 is 5.92 Å². The second-order valence-electron chi connectivity index (χ2n) is 2.17. The fraction of sp³-hybridized carbons (Fsp3) is 1.00. The molecule has 0 bridgehead atoms. The van der Waals surface area contributed by atoms with Gasteiger partial charge in [-0.15, -0.1) is 0 Å². The minimum atomic E-state index is -3.28. The number of aliphatic hydroxyl groups excluding tert-OH is 1. The average Bonchev–Trinajstić information content (AvgIpc) is 1.88. The van der Waals surface area contributed by atoms with Crippen molar-refractivity contribution in [2.24, 2.45) is 0 Å². The molecule has 0 aromatic heterocycles. The third-order valence-electron chi connectivity index (χ3n) is 1.47. The topological polar surface area (TPSA) is 40.5 Å². The van der Waals surface area contributed by atoms with E-state index in [4.69, 9.17) is 10.2 Å². The Morgan fingerprint density at radius 3 is 1.62 bits per heavy atom. The van der Waals surface area contributed by atoms with Crippen LogP contribution in [0.2, 0.25) is 0 Å². The molecule has 0 aromatic rings. The number of rotatable bonds is 0. The zero-order chi connectivity index (χ0) is 6.58. The van der Waals surface area contributed by atoms with E-state index in [0.29, 0.717) is 0 Å². The predicted molar refractivity (Wildman–Crippen MR) is 21.6 cm³/mol. The molecule has 0 amide bonds. The summed E-state index contributed by atoms with van der Waals surface area (Å²) >= 11 is 0. The fourth-order valence-corrected chi connectivity index (χ4v) is 0.496. The highest BCUT2D eigenvalue weighted by Gasteiger charge is 2.78. The van der Waals surface area contributed by atoms with Crippen LogP contribution < -0.4 is 0 Å². The molecule has 0 saturated heterocycles. The summed E-state index contributed by atoms with van der Waals surface area (Å²) in [5.41, 5.74) is -2.17. The number of alkyl halides is 2. The van der Waals surface area contributed by atoms with Crippen molar-refractivity contribution in [1.82, 2.24) is 0 Å². The van der Waals surface area contributed by atoms with Crippen LogP contribution in [0.4, 0.5) is 8.78 Å². The van der Waals surface area contributed by atoms with Crippen LogP contribution in [0.1, 0.15) is 6.92 Å². The van der Waals surface area contributed by atoms with E-state index >= 15 is 0 Å². The highest BCUT2D eigenvalue weighted by atomic mass is 19.3. The summed E-state index contributed by atoms with van der Waals surface area (Å²) in [6, 6.07) is 0. The van der Waals surface area contributed by atoms with Gasteiger partial charge in [-0.2, -0.15) is 0 Å². The van der Waals surface area contributed by atoms with Crippen molar-refractivity contribution in [3.8, 4) is 0 Å². The van der Waals surface area contributed by atoms with Gasteiger partial charge in [-0.05, 0) is 6.92 Å². The summed E-state index contributed by atoms with van der Waals surface area (Å²) in [5.74, 6) is -3.28. The van der Waals surface area contributed by atoms with Crippen molar-refractivity contribution in [2.45, 2.75) is 24.6 Å². The first kappa shape index (κ1) is 5.91. The van der Waals surface area contributed by atoms with E-state index in [9.17, 15) is 8.78 Å². The summed E-state index contributed by atoms with van der Waals surface area (Å²) in [5, 5.41) is 16.7. The van der Waals surface area contributed by atoms with Gasteiger partial charge in [-0.1, -0.05) is 0 Å². The lowest BCUT2D eigenvalue weighted by Gasteiger charge is -1.94. The molecular weight excluding hydrogens is 118 g/mol. The van der Waals surface area contributed by atoms with E-state index in [1.165, 1.54) is 0 Å². The molecule has 1 aliphatic rings. The Labute approximate surface area is 44.7 Å². The first-order chi connectivity index (χ1) is 3.40. The van der Waals surface area contributed by atoms with Crippen LogP contribution >= 0.6 is 0 Å². The standard InChI is InChI=1S/C4H6F2O2/c1-3(8)2(7)4(3,5)6/h2,7-8H,1H3/t2-,3-/m1/s1. The molecule has 0 unspecified atom stereocenters. The summed E-state index contributed by atoms with van der Waals surface area (Å²) in [4.78, 5) is 0. The maximum absolute atomic E-state index is 11.8. The summed E-state index contributed by atoms with van der Waals surface area (Å²) in [6.07, 6.45) is -1.87. The van der Waals surface area contributed by atoms with Gasteiger partial charge in [0, 0.05) is 0 Å². The highest BCUT2D eigenvalue weighted by Crippen LogP contribution is 2.52. The summed E-state index contributed by atoms with van der Waals surface area (Å²) in [6.45, 7) is 0.900. The smallest absolute Gasteiger partial charge is 0.306 e. The van der Waals surface area contributed by atoms with Crippen LogP contribution in [0.3, 0.4) is 0 Å². The molecule has 4 heteroatoms. The molecule has 48 valence electrons. The van der Waals surface area contributed by atoms with Crippen molar-refractivity contribution in [1.29, 1.82) is 0 Å². The molecule has 1 fully saturated rings. The minimum Gasteiger partial charge on any atom is -0.383 e. The molecule has 2 nitrogen and oxygen atoms in total. The van der Waals surface area contributed by atoms with E-state index in [2.05, 4.69) is 0 Å². The maximum Gasteiger partial charge on any atom is 0.306 e. The van der Waals surface area contributed by atoms with Crippen molar-refractivity contribution in [3.63, 3.8) is 0 Å². The van der Waals surface area contributed by atoms with Gasteiger partial charge in [0.1, 0.15) is 0 Å². The van der Waals surface area contributed by atoms with Crippen LogP contribution in [0.25, 0.3) is 0 Å². The third kappa shape index (κ3) is 0.374. The number of hydrogen-bond donors (Lipinski definition) is 2. The van der Waals surface area contributed by atoms with Crippen LogP contribution in [0.15, 0.2) is 0 Å². The molecule has 1 aliphatic carbocycles. The molecule has 0 radical (unpaired) electrons. The van der Waals surface area contributed by atoms with Crippen LogP contribution in [-0.4, -0.2) is 27.8 Å². The van der Waals surface area contributed by atoms with Gasteiger partial charge in [0.2, 0.25) is 0 Å². The second-order valence-corrected chi connectivity index (χ2v) is 2.17. The number of aliphatic hydroxyl groups is 2. The minimum absolute atomic E-state index is 0.900. The average molecular weight is 124 g/mol. The zero-order valence-electron chi connectivity index (χ0n) is 4.23. The largest absolute Gasteiger partial charge is 0.383 e. The Morgan fingerprint density at radius 2 is 1.62 bits per heavy atom. The van der Waals surface area contributed by atoms with E-state index in [-0.39, 0.29) is 0 Å². The lowest BCUT2D eigenvalue weighted by atomic mass is 10.4. The van der Waals surface area contributed by atoms with Crippen LogP contribution in [0, 0.1) is 0 Å². The van der Waals surface area contributed by atoms with E-state index in [1.807, 2.05) is 0 Å². The first-order valence-electron chi connectivity index (χ1n) is 2.19. The Morgan fingerprint density at radius 1 is 1.50 bits per heavy atom. The van der Waals surface area contributed by atoms with Crippen LogP contribution in [-0.2, 0) is 0 Å². The molecule has 2 atom stereocenters. The van der Waals surface area contributed by atoms with Gasteiger partial charge < -0.3 is 10.2 Å². The van der Waals surface area contributed by atoms with E-state index in [0.717, 1.165) is 6.92 Å². The molecule has 0 aliphatic heterocycles. The zero-order valence-corrected chi connectivity index (χ0v) is 4.23. The first-order valence-corrected chi connectivity index (χ1v) is 2.19. The summed E-state index contributed by atoms with van der Waals surface area (Å²) in [7, 11) is 0. The van der Waals surface area contributed by atoms with Crippen molar-refractivity contribution in [3.05, 3.63) is 0 Å². The van der Waals surface area contributed by atoms with Crippen molar-refractivity contribution < 1.29 is 19.0 Å². The van der Waals surface area contributed by atoms with Gasteiger partial charge in [0.15, 0.2) is 11.7 Å². The Kier molecular flexibility index (Phi) is 0.766. The molecule has 0 aromatic carbocycles. The van der Waals surface area contributed by atoms with E-state index < -0.39 is 17.6 Å². The molecule has 0 heterocycles. The molecular formula is C4H6F2O2. The maximum atomic E-state index is 11.8. The quantitative estimate of drug-likeness (QED) is 0.467. The Balaban J connectivity index is 2.72. The number of halogens is 2. The van der Waals surface area contributed by atoms with Gasteiger partial charge in [-0.3, -0.25) is 0 Å².